The second-order valence-electron chi connectivity index (χ2n) is 4.01. The van der Waals surface area contributed by atoms with Gasteiger partial charge in [0.2, 0.25) is 0 Å². The average molecular weight is 237 g/mol. The van der Waals surface area contributed by atoms with Crippen molar-refractivity contribution in [3.05, 3.63) is 78.4 Å². The lowest BCUT2D eigenvalue weighted by atomic mass is 10.1. The Morgan fingerprint density at radius 3 is 2.11 bits per heavy atom. The number of benzene rings is 2. The molecule has 0 aliphatic rings. The Bertz CT molecular complexity index is 532. The fraction of sp³-hybridized carbons (Fsp3) is 0.0625. The Morgan fingerprint density at radius 1 is 0.944 bits per heavy atom. The summed E-state index contributed by atoms with van der Waals surface area (Å²) in [6, 6.07) is 19.3. The van der Waals surface area contributed by atoms with E-state index in [9.17, 15) is 4.79 Å². The molecule has 0 aliphatic carbocycles. The van der Waals surface area contributed by atoms with E-state index in [2.05, 4.69) is 11.9 Å². The van der Waals surface area contributed by atoms with Gasteiger partial charge in [-0.2, -0.15) is 0 Å². The van der Waals surface area contributed by atoms with E-state index in [-0.39, 0.29) is 5.91 Å². The summed E-state index contributed by atoms with van der Waals surface area (Å²) in [5.74, 6) is -0.134. The smallest absolute Gasteiger partial charge is 0.251 e. The van der Waals surface area contributed by atoms with E-state index < -0.39 is 0 Å². The van der Waals surface area contributed by atoms with Gasteiger partial charge in [0, 0.05) is 12.1 Å². The molecule has 1 amide bonds. The minimum atomic E-state index is -0.134. The fourth-order valence-electron chi connectivity index (χ4n) is 1.66. The molecule has 0 fully saturated rings. The maximum Gasteiger partial charge on any atom is 0.251 e. The molecule has 2 nitrogen and oxygen atoms in total. The second kappa shape index (κ2) is 5.82. The van der Waals surface area contributed by atoms with Crippen molar-refractivity contribution in [1.29, 1.82) is 0 Å². The van der Waals surface area contributed by atoms with Crippen LogP contribution < -0.4 is 5.32 Å². The van der Waals surface area contributed by atoms with Gasteiger partial charge in [0.05, 0.1) is 0 Å². The zero-order valence-electron chi connectivity index (χ0n) is 10.1. The molecule has 0 saturated carbocycles. The van der Waals surface area contributed by atoms with Crippen molar-refractivity contribution < 1.29 is 4.79 Å². The summed E-state index contributed by atoms with van der Waals surface area (Å²) >= 11 is 0. The van der Waals surface area contributed by atoms with Crippen molar-refractivity contribution >= 4 is 11.5 Å². The van der Waals surface area contributed by atoms with Crippen LogP contribution in [0.3, 0.4) is 0 Å². The van der Waals surface area contributed by atoms with Crippen LogP contribution in [0.1, 0.15) is 11.1 Å². The maximum atomic E-state index is 11.9. The molecule has 0 aromatic heterocycles. The minimum Gasteiger partial charge on any atom is -0.348 e. The molecule has 0 unspecified atom stereocenters. The standard InChI is InChI=1S/C16H15NO/c1-13(15-10-6-3-7-11-15)16(18)17-12-14-8-4-2-5-9-14/h2-11H,1,12H2,(H,17,18). The predicted molar refractivity (Wildman–Crippen MR) is 73.8 cm³/mol. The molecule has 0 saturated heterocycles. The first-order valence-electron chi connectivity index (χ1n) is 5.84. The van der Waals surface area contributed by atoms with Crippen LogP contribution >= 0.6 is 0 Å². The zero-order chi connectivity index (χ0) is 12.8. The Kier molecular flexibility index (Phi) is 3.92. The Hall–Kier alpha value is -2.35. The maximum absolute atomic E-state index is 11.9. The van der Waals surface area contributed by atoms with Gasteiger partial charge < -0.3 is 5.32 Å². The van der Waals surface area contributed by atoms with E-state index in [0.29, 0.717) is 12.1 Å². The zero-order valence-corrected chi connectivity index (χ0v) is 10.1. The number of amides is 1. The summed E-state index contributed by atoms with van der Waals surface area (Å²) in [4.78, 5) is 11.9. The number of carbonyl (C=O) groups is 1. The van der Waals surface area contributed by atoms with Crippen LogP contribution in [0.2, 0.25) is 0 Å². The van der Waals surface area contributed by atoms with Gasteiger partial charge in [-0.25, -0.2) is 0 Å². The topological polar surface area (TPSA) is 29.1 Å². The summed E-state index contributed by atoms with van der Waals surface area (Å²) in [5, 5.41) is 2.86. The lowest BCUT2D eigenvalue weighted by Gasteiger charge is -2.07. The van der Waals surface area contributed by atoms with E-state index in [1.807, 2.05) is 60.7 Å². The number of hydrogen-bond acceptors (Lipinski definition) is 1. The Balaban J connectivity index is 1.95. The van der Waals surface area contributed by atoms with Crippen molar-refractivity contribution in [1.82, 2.24) is 5.32 Å². The number of rotatable bonds is 4. The van der Waals surface area contributed by atoms with E-state index in [4.69, 9.17) is 0 Å². The molecule has 2 heteroatoms. The third-order valence-corrected chi connectivity index (χ3v) is 2.69. The highest BCUT2D eigenvalue weighted by atomic mass is 16.1. The summed E-state index contributed by atoms with van der Waals surface area (Å²) in [7, 11) is 0. The van der Waals surface area contributed by atoms with Crippen LogP contribution in [0.25, 0.3) is 5.57 Å². The molecule has 2 aromatic carbocycles. The molecule has 0 aliphatic heterocycles. The van der Waals surface area contributed by atoms with Crippen molar-refractivity contribution in [2.75, 3.05) is 0 Å². The van der Waals surface area contributed by atoms with Crippen LogP contribution in [-0.4, -0.2) is 5.91 Å². The van der Waals surface area contributed by atoms with Gasteiger partial charge in [0.1, 0.15) is 0 Å². The number of nitrogens with one attached hydrogen (secondary N) is 1. The van der Waals surface area contributed by atoms with E-state index in [1.165, 1.54) is 0 Å². The normalized spacial score (nSPS) is 9.78. The molecule has 1 N–H and O–H groups in total. The van der Waals surface area contributed by atoms with Gasteiger partial charge in [-0.1, -0.05) is 67.2 Å². The van der Waals surface area contributed by atoms with Crippen molar-refractivity contribution in [2.24, 2.45) is 0 Å². The molecule has 0 radical (unpaired) electrons. The van der Waals surface area contributed by atoms with Crippen LogP contribution in [0.5, 0.6) is 0 Å². The van der Waals surface area contributed by atoms with Gasteiger partial charge >= 0.3 is 0 Å². The average Bonchev–Trinajstić information content (AvgIpc) is 2.46. The number of carbonyl (C=O) groups excluding carboxylic acids is 1. The molecule has 18 heavy (non-hydrogen) atoms. The lowest BCUT2D eigenvalue weighted by molar-refractivity contribution is -0.115. The SMILES string of the molecule is C=C(C(=O)NCc1ccccc1)c1ccccc1. The van der Waals surface area contributed by atoms with Gasteiger partial charge in [-0.15, -0.1) is 0 Å². The molecule has 90 valence electrons. The van der Waals surface area contributed by atoms with Crippen molar-refractivity contribution in [2.45, 2.75) is 6.54 Å². The molecule has 0 bridgehead atoms. The van der Waals surface area contributed by atoms with Crippen LogP contribution in [0.4, 0.5) is 0 Å². The third kappa shape index (κ3) is 3.08. The fourth-order valence-corrected chi connectivity index (χ4v) is 1.66. The summed E-state index contributed by atoms with van der Waals surface area (Å²) in [6.07, 6.45) is 0. The van der Waals surface area contributed by atoms with Crippen molar-refractivity contribution in [3.8, 4) is 0 Å². The largest absolute Gasteiger partial charge is 0.348 e. The predicted octanol–water partition coefficient (Wildman–Crippen LogP) is 3.02. The number of hydrogen-bond donors (Lipinski definition) is 1. The molecule has 2 rings (SSSR count). The first kappa shape index (κ1) is 12.1. The van der Waals surface area contributed by atoms with Crippen LogP contribution in [0, 0.1) is 0 Å². The van der Waals surface area contributed by atoms with E-state index in [0.717, 1.165) is 11.1 Å². The molecule has 2 aromatic rings. The molecule has 0 spiro atoms. The van der Waals surface area contributed by atoms with Gasteiger partial charge in [0.25, 0.3) is 5.91 Å². The Morgan fingerprint density at radius 2 is 1.50 bits per heavy atom. The first-order valence-corrected chi connectivity index (χ1v) is 5.84. The third-order valence-electron chi connectivity index (χ3n) is 2.69. The quantitative estimate of drug-likeness (QED) is 0.814. The molecular weight excluding hydrogens is 222 g/mol. The molecule has 0 heterocycles. The van der Waals surface area contributed by atoms with E-state index >= 15 is 0 Å². The van der Waals surface area contributed by atoms with Crippen molar-refractivity contribution in [3.63, 3.8) is 0 Å². The van der Waals surface area contributed by atoms with Crippen LogP contribution in [0.15, 0.2) is 67.2 Å². The van der Waals surface area contributed by atoms with Crippen LogP contribution in [-0.2, 0) is 11.3 Å². The highest BCUT2D eigenvalue weighted by Gasteiger charge is 2.08. The summed E-state index contributed by atoms with van der Waals surface area (Å²) in [6.45, 7) is 4.34. The van der Waals surface area contributed by atoms with E-state index in [1.54, 1.807) is 0 Å². The van der Waals surface area contributed by atoms with Gasteiger partial charge in [-0.05, 0) is 11.1 Å². The lowest BCUT2D eigenvalue weighted by Crippen LogP contribution is -2.23. The second-order valence-corrected chi connectivity index (χ2v) is 4.01. The highest BCUT2D eigenvalue weighted by Crippen LogP contribution is 2.11. The monoisotopic (exact) mass is 237 g/mol. The minimum absolute atomic E-state index is 0.134. The summed E-state index contributed by atoms with van der Waals surface area (Å²) < 4.78 is 0. The summed E-state index contributed by atoms with van der Waals surface area (Å²) in [5.41, 5.74) is 2.42. The molecular formula is C16H15NO. The molecule has 0 atom stereocenters. The van der Waals surface area contributed by atoms with Gasteiger partial charge in [0.15, 0.2) is 0 Å². The van der Waals surface area contributed by atoms with Gasteiger partial charge in [-0.3, -0.25) is 4.79 Å². The Labute approximate surface area is 107 Å². The first-order chi connectivity index (χ1) is 8.77. The highest BCUT2D eigenvalue weighted by molar-refractivity contribution is 6.18.